The third kappa shape index (κ3) is 4.50. The second-order valence-corrected chi connectivity index (χ2v) is 7.58. The van der Waals surface area contributed by atoms with Gasteiger partial charge in [0.1, 0.15) is 6.61 Å². The van der Waals surface area contributed by atoms with Crippen molar-refractivity contribution >= 4 is 12.1 Å². The van der Waals surface area contributed by atoms with Gasteiger partial charge in [0.25, 0.3) is 0 Å². The lowest BCUT2D eigenvalue weighted by Crippen LogP contribution is -2.38. The zero-order valence-corrected chi connectivity index (χ0v) is 16.5. The molecule has 2 aromatic carbocycles. The summed E-state index contributed by atoms with van der Waals surface area (Å²) in [6, 6.07) is 16.9. The number of nitrogens with zero attached hydrogens (tertiary/aromatic N) is 1. The molecule has 1 atom stereocenters. The molecule has 0 spiro atoms. The van der Waals surface area contributed by atoms with Crippen LogP contribution in [0.2, 0.25) is 0 Å². The van der Waals surface area contributed by atoms with Crippen LogP contribution in [0.3, 0.4) is 0 Å². The average molecular weight is 391 g/mol. The summed E-state index contributed by atoms with van der Waals surface area (Å²) in [5.41, 5.74) is 3.90. The van der Waals surface area contributed by atoms with Gasteiger partial charge in [-0.1, -0.05) is 54.1 Å². The van der Waals surface area contributed by atoms with Gasteiger partial charge in [0.05, 0.1) is 18.7 Å². The van der Waals surface area contributed by atoms with E-state index in [2.05, 4.69) is 6.08 Å². The standard InChI is InChI=1S/C24H25NO4/c1-28-23(26)20-11-9-19(10-12-20)22-15-21(18-7-8-18)13-14-25(22)24(27)29-16-17-5-3-2-4-6-17/h2-6,9-13,18,22H,7-8,14-16H2,1H3. The van der Waals surface area contributed by atoms with Crippen molar-refractivity contribution in [1.29, 1.82) is 0 Å². The van der Waals surface area contributed by atoms with Crippen LogP contribution in [0.5, 0.6) is 0 Å². The number of esters is 1. The van der Waals surface area contributed by atoms with Crippen LogP contribution in [0.1, 0.15) is 46.8 Å². The minimum atomic E-state index is -0.363. The highest BCUT2D eigenvalue weighted by Gasteiger charge is 2.35. The highest BCUT2D eigenvalue weighted by atomic mass is 16.6. The topological polar surface area (TPSA) is 55.8 Å². The molecular formula is C24H25NO4. The highest BCUT2D eigenvalue weighted by Crippen LogP contribution is 2.44. The van der Waals surface area contributed by atoms with Crippen molar-refractivity contribution in [1.82, 2.24) is 4.90 Å². The van der Waals surface area contributed by atoms with Gasteiger partial charge < -0.3 is 9.47 Å². The van der Waals surface area contributed by atoms with Gasteiger partial charge in [-0.2, -0.15) is 0 Å². The van der Waals surface area contributed by atoms with Crippen LogP contribution < -0.4 is 0 Å². The summed E-state index contributed by atoms with van der Waals surface area (Å²) < 4.78 is 10.4. The zero-order valence-electron chi connectivity index (χ0n) is 16.5. The summed E-state index contributed by atoms with van der Waals surface area (Å²) in [5, 5.41) is 0. The normalized spacial score (nSPS) is 18.7. The van der Waals surface area contributed by atoms with Gasteiger partial charge in [0, 0.05) is 6.54 Å². The Morgan fingerprint density at radius 2 is 1.76 bits per heavy atom. The summed E-state index contributed by atoms with van der Waals surface area (Å²) >= 11 is 0. The third-order valence-corrected chi connectivity index (χ3v) is 5.61. The third-order valence-electron chi connectivity index (χ3n) is 5.61. The molecule has 5 heteroatoms. The summed E-state index contributed by atoms with van der Waals surface area (Å²) in [6.07, 6.45) is 5.14. The van der Waals surface area contributed by atoms with Crippen LogP contribution in [0.25, 0.3) is 0 Å². The molecule has 1 saturated carbocycles. The van der Waals surface area contributed by atoms with Gasteiger partial charge in [-0.15, -0.1) is 0 Å². The maximum absolute atomic E-state index is 12.9. The summed E-state index contributed by atoms with van der Waals surface area (Å²) in [7, 11) is 1.37. The van der Waals surface area contributed by atoms with Crippen LogP contribution in [0, 0.1) is 5.92 Å². The highest BCUT2D eigenvalue weighted by molar-refractivity contribution is 5.89. The predicted octanol–water partition coefficient (Wildman–Crippen LogP) is 4.89. The number of carbonyl (C=O) groups excluding carboxylic acids is 2. The molecule has 1 aliphatic heterocycles. The van der Waals surface area contributed by atoms with E-state index in [9.17, 15) is 9.59 Å². The molecule has 29 heavy (non-hydrogen) atoms. The molecule has 2 aliphatic rings. The monoisotopic (exact) mass is 391 g/mol. The van der Waals surface area contributed by atoms with Crippen LogP contribution in [-0.4, -0.2) is 30.6 Å². The summed E-state index contributed by atoms with van der Waals surface area (Å²) in [6.45, 7) is 0.798. The zero-order chi connectivity index (χ0) is 20.2. The lowest BCUT2D eigenvalue weighted by molar-refractivity contribution is 0.0600. The Hall–Kier alpha value is -3.08. The van der Waals surface area contributed by atoms with E-state index in [-0.39, 0.29) is 24.7 Å². The first-order chi connectivity index (χ1) is 14.2. The van der Waals surface area contributed by atoms with Crippen LogP contribution in [0.4, 0.5) is 4.79 Å². The summed E-state index contributed by atoms with van der Waals surface area (Å²) in [5.74, 6) is 0.298. The second kappa shape index (κ2) is 8.52. The molecule has 1 amide bonds. The minimum absolute atomic E-state index is 0.0921. The Bertz CT molecular complexity index is 900. The first-order valence-corrected chi connectivity index (χ1v) is 10.00. The van der Waals surface area contributed by atoms with Crippen molar-refractivity contribution in [2.24, 2.45) is 5.92 Å². The first kappa shape index (κ1) is 19.2. The van der Waals surface area contributed by atoms with Gasteiger partial charge in [0.15, 0.2) is 0 Å². The largest absolute Gasteiger partial charge is 0.465 e. The Labute approximate surface area is 170 Å². The van der Waals surface area contributed by atoms with Crippen molar-refractivity contribution in [3.05, 3.63) is 82.9 Å². The Kier molecular flexibility index (Phi) is 5.65. The molecule has 1 heterocycles. The van der Waals surface area contributed by atoms with Gasteiger partial charge in [-0.25, -0.2) is 9.59 Å². The van der Waals surface area contributed by atoms with E-state index in [1.54, 1.807) is 17.0 Å². The van der Waals surface area contributed by atoms with Gasteiger partial charge in [-0.05, 0) is 48.4 Å². The Morgan fingerprint density at radius 3 is 2.41 bits per heavy atom. The van der Waals surface area contributed by atoms with E-state index < -0.39 is 0 Å². The van der Waals surface area contributed by atoms with Crippen LogP contribution in [-0.2, 0) is 16.1 Å². The average Bonchev–Trinajstić information content (AvgIpc) is 3.63. The van der Waals surface area contributed by atoms with Crippen molar-refractivity contribution in [3.63, 3.8) is 0 Å². The smallest absolute Gasteiger partial charge is 0.410 e. The van der Waals surface area contributed by atoms with Gasteiger partial charge in [-0.3, -0.25) is 4.90 Å². The number of hydrogen-bond donors (Lipinski definition) is 0. The van der Waals surface area contributed by atoms with E-state index in [1.807, 2.05) is 42.5 Å². The van der Waals surface area contributed by atoms with E-state index in [0.29, 0.717) is 18.0 Å². The van der Waals surface area contributed by atoms with Crippen molar-refractivity contribution in [2.45, 2.75) is 31.9 Å². The first-order valence-electron chi connectivity index (χ1n) is 10.00. The Balaban J connectivity index is 1.52. The van der Waals surface area contributed by atoms with Gasteiger partial charge >= 0.3 is 12.1 Å². The molecule has 0 bridgehead atoms. The number of rotatable bonds is 5. The molecule has 4 rings (SSSR count). The maximum atomic E-state index is 12.9. The number of methoxy groups -OCH3 is 1. The SMILES string of the molecule is COC(=O)c1ccc(C2CC(C3CC3)=CCN2C(=O)OCc2ccccc2)cc1. The van der Waals surface area contributed by atoms with E-state index >= 15 is 0 Å². The molecule has 0 radical (unpaired) electrons. The fourth-order valence-corrected chi connectivity index (χ4v) is 3.81. The van der Waals surface area contributed by atoms with Crippen molar-refractivity contribution in [3.8, 4) is 0 Å². The lowest BCUT2D eigenvalue weighted by atomic mass is 9.91. The fraction of sp³-hybridized carbons (Fsp3) is 0.333. The van der Waals surface area contributed by atoms with Crippen molar-refractivity contribution < 1.29 is 19.1 Å². The molecule has 2 aromatic rings. The quantitative estimate of drug-likeness (QED) is 0.538. The molecule has 150 valence electrons. The number of amides is 1. The van der Waals surface area contributed by atoms with Crippen LogP contribution in [0.15, 0.2) is 66.2 Å². The number of carbonyl (C=O) groups is 2. The number of hydrogen-bond acceptors (Lipinski definition) is 4. The predicted molar refractivity (Wildman–Crippen MR) is 109 cm³/mol. The molecule has 0 N–H and O–H groups in total. The second-order valence-electron chi connectivity index (χ2n) is 7.58. The maximum Gasteiger partial charge on any atom is 0.410 e. The number of benzene rings is 2. The van der Waals surface area contributed by atoms with E-state index in [4.69, 9.17) is 9.47 Å². The molecular weight excluding hydrogens is 366 g/mol. The Morgan fingerprint density at radius 1 is 1.03 bits per heavy atom. The molecule has 0 aromatic heterocycles. The van der Waals surface area contributed by atoms with Gasteiger partial charge in [0.2, 0.25) is 0 Å². The number of ether oxygens (including phenoxy) is 2. The molecule has 5 nitrogen and oxygen atoms in total. The van der Waals surface area contributed by atoms with E-state index in [1.165, 1.54) is 25.5 Å². The van der Waals surface area contributed by atoms with Crippen molar-refractivity contribution in [2.75, 3.05) is 13.7 Å². The lowest BCUT2D eigenvalue weighted by Gasteiger charge is -2.35. The fourth-order valence-electron chi connectivity index (χ4n) is 3.81. The molecule has 1 fully saturated rings. The molecule has 1 unspecified atom stereocenters. The molecule has 1 aliphatic carbocycles. The van der Waals surface area contributed by atoms with E-state index in [0.717, 1.165) is 17.5 Å². The molecule has 0 saturated heterocycles. The minimum Gasteiger partial charge on any atom is -0.465 e. The van der Waals surface area contributed by atoms with Crippen LogP contribution >= 0.6 is 0 Å². The summed E-state index contributed by atoms with van der Waals surface area (Å²) in [4.78, 5) is 26.4.